The van der Waals surface area contributed by atoms with Gasteiger partial charge in [-0.15, -0.1) is 0 Å². The molecular formula is C15H11FO. The van der Waals surface area contributed by atoms with E-state index in [9.17, 15) is 4.39 Å². The van der Waals surface area contributed by atoms with Gasteiger partial charge in [0.1, 0.15) is 11.6 Å². The van der Waals surface area contributed by atoms with E-state index in [-0.39, 0.29) is 5.82 Å². The van der Waals surface area contributed by atoms with Crippen LogP contribution < -0.4 is 4.74 Å². The van der Waals surface area contributed by atoms with Crippen LogP contribution >= 0.6 is 0 Å². The predicted molar refractivity (Wildman–Crippen MR) is 65.4 cm³/mol. The van der Waals surface area contributed by atoms with Gasteiger partial charge in [0.15, 0.2) is 0 Å². The average molecular weight is 226 g/mol. The van der Waals surface area contributed by atoms with Gasteiger partial charge in [-0.1, -0.05) is 17.9 Å². The maximum atomic E-state index is 12.7. The molecule has 0 spiro atoms. The van der Waals surface area contributed by atoms with Crippen molar-refractivity contribution in [2.45, 2.75) is 0 Å². The van der Waals surface area contributed by atoms with Gasteiger partial charge in [-0.2, -0.15) is 0 Å². The molecule has 0 saturated heterocycles. The van der Waals surface area contributed by atoms with E-state index in [2.05, 4.69) is 11.8 Å². The third-order valence-corrected chi connectivity index (χ3v) is 2.27. The fourth-order valence-corrected chi connectivity index (χ4v) is 1.38. The van der Waals surface area contributed by atoms with Crippen LogP contribution in [0.4, 0.5) is 4.39 Å². The molecule has 17 heavy (non-hydrogen) atoms. The minimum atomic E-state index is -0.253. The molecule has 2 aromatic rings. The summed E-state index contributed by atoms with van der Waals surface area (Å²) in [5, 5.41) is 0. The van der Waals surface area contributed by atoms with Crippen molar-refractivity contribution in [1.29, 1.82) is 0 Å². The second-order valence-corrected chi connectivity index (χ2v) is 3.49. The molecule has 2 heteroatoms. The molecule has 0 aliphatic rings. The lowest BCUT2D eigenvalue weighted by Gasteiger charge is -1.98. The summed E-state index contributed by atoms with van der Waals surface area (Å²) < 4.78 is 17.8. The molecule has 0 radical (unpaired) electrons. The normalized spacial score (nSPS) is 9.29. The van der Waals surface area contributed by atoms with E-state index >= 15 is 0 Å². The lowest BCUT2D eigenvalue weighted by Crippen LogP contribution is -1.83. The number of ether oxygens (including phenoxy) is 1. The van der Waals surface area contributed by atoms with Gasteiger partial charge in [0.2, 0.25) is 0 Å². The lowest BCUT2D eigenvalue weighted by atomic mass is 10.2. The molecule has 2 aromatic carbocycles. The van der Waals surface area contributed by atoms with Crippen molar-refractivity contribution in [2.24, 2.45) is 0 Å². The Hall–Kier alpha value is -2.27. The first-order valence-electron chi connectivity index (χ1n) is 5.19. The Morgan fingerprint density at radius 3 is 2.35 bits per heavy atom. The zero-order chi connectivity index (χ0) is 12.1. The van der Waals surface area contributed by atoms with Crippen LogP contribution in [0, 0.1) is 17.7 Å². The van der Waals surface area contributed by atoms with Crippen molar-refractivity contribution in [3.05, 3.63) is 65.5 Å². The van der Waals surface area contributed by atoms with Crippen LogP contribution in [0.3, 0.4) is 0 Å². The van der Waals surface area contributed by atoms with Gasteiger partial charge < -0.3 is 4.74 Å². The molecule has 0 unspecified atom stereocenters. The van der Waals surface area contributed by atoms with Crippen LogP contribution in [0.5, 0.6) is 5.75 Å². The molecule has 2 rings (SSSR count). The van der Waals surface area contributed by atoms with Gasteiger partial charge in [0, 0.05) is 11.1 Å². The van der Waals surface area contributed by atoms with Crippen LogP contribution in [0.1, 0.15) is 11.1 Å². The minimum Gasteiger partial charge on any atom is -0.497 e. The van der Waals surface area contributed by atoms with Gasteiger partial charge in [0.05, 0.1) is 7.11 Å². The van der Waals surface area contributed by atoms with Crippen molar-refractivity contribution in [1.82, 2.24) is 0 Å². The van der Waals surface area contributed by atoms with E-state index in [0.717, 1.165) is 16.9 Å². The van der Waals surface area contributed by atoms with Gasteiger partial charge in [-0.25, -0.2) is 4.39 Å². The van der Waals surface area contributed by atoms with E-state index in [0.29, 0.717) is 0 Å². The first-order valence-corrected chi connectivity index (χ1v) is 5.19. The monoisotopic (exact) mass is 226 g/mol. The van der Waals surface area contributed by atoms with Crippen LogP contribution in [0.15, 0.2) is 48.5 Å². The molecule has 0 saturated carbocycles. The zero-order valence-electron chi connectivity index (χ0n) is 9.41. The molecule has 0 heterocycles. The topological polar surface area (TPSA) is 9.23 Å². The van der Waals surface area contributed by atoms with Crippen molar-refractivity contribution in [3.8, 4) is 17.6 Å². The summed E-state index contributed by atoms with van der Waals surface area (Å²) in [6.45, 7) is 0. The number of rotatable bonds is 1. The molecule has 0 amide bonds. The molecule has 84 valence electrons. The lowest BCUT2D eigenvalue weighted by molar-refractivity contribution is 0.414. The number of hydrogen-bond acceptors (Lipinski definition) is 1. The smallest absolute Gasteiger partial charge is 0.123 e. The molecule has 1 nitrogen and oxygen atoms in total. The second kappa shape index (κ2) is 5.18. The largest absolute Gasteiger partial charge is 0.497 e. The summed E-state index contributed by atoms with van der Waals surface area (Å²) >= 11 is 0. The highest BCUT2D eigenvalue weighted by Crippen LogP contribution is 2.11. The third-order valence-electron chi connectivity index (χ3n) is 2.27. The molecule has 0 aliphatic carbocycles. The fourth-order valence-electron chi connectivity index (χ4n) is 1.38. The summed E-state index contributed by atoms with van der Waals surface area (Å²) in [5.41, 5.74) is 1.66. The Labute approximate surface area is 99.9 Å². The Balaban J connectivity index is 2.23. The average Bonchev–Trinajstić information content (AvgIpc) is 2.38. The van der Waals surface area contributed by atoms with E-state index in [1.807, 2.05) is 24.3 Å². The quantitative estimate of drug-likeness (QED) is 0.678. The number of halogens is 1. The van der Waals surface area contributed by atoms with Crippen molar-refractivity contribution < 1.29 is 9.13 Å². The van der Waals surface area contributed by atoms with Gasteiger partial charge >= 0.3 is 0 Å². The summed E-state index contributed by atoms with van der Waals surface area (Å²) in [4.78, 5) is 0. The van der Waals surface area contributed by atoms with E-state index in [1.165, 1.54) is 12.1 Å². The Kier molecular flexibility index (Phi) is 3.42. The highest BCUT2D eigenvalue weighted by Gasteiger charge is 1.92. The van der Waals surface area contributed by atoms with Gasteiger partial charge in [-0.05, 0) is 42.5 Å². The number of benzene rings is 2. The predicted octanol–water partition coefficient (Wildman–Crippen LogP) is 3.23. The summed E-state index contributed by atoms with van der Waals surface area (Å²) in [7, 11) is 1.62. The minimum absolute atomic E-state index is 0.253. The summed E-state index contributed by atoms with van der Waals surface area (Å²) in [5.74, 6) is 6.49. The molecule has 0 fully saturated rings. The Bertz CT molecular complexity index is 561. The molecule has 0 bridgehead atoms. The highest BCUT2D eigenvalue weighted by atomic mass is 19.1. The second-order valence-electron chi connectivity index (χ2n) is 3.49. The standard InChI is InChI=1S/C15H11FO/c1-17-15-4-2-3-13(11-15)6-5-12-7-9-14(16)10-8-12/h2-4,7-11H,1H3. The zero-order valence-corrected chi connectivity index (χ0v) is 9.41. The van der Waals surface area contributed by atoms with Gasteiger partial charge in [-0.3, -0.25) is 0 Å². The molecule has 0 N–H and O–H groups in total. The molecular weight excluding hydrogens is 215 g/mol. The molecule has 0 aliphatic heterocycles. The number of hydrogen-bond donors (Lipinski definition) is 0. The van der Waals surface area contributed by atoms with Crippen molar-refractivity contribution in [3.63, 3.8) is 0 Å². The summed E-state index contributed by atoms with van der Waals surface area (Å²) in [6.07, 6.45) is 0. The van der Waals surface area contributed by atoms with Crippen LogP contribution in [0.2, 0.25) is 0 Å². The Morgan fingerprint density at radius 1 is 0.941 bits per heavy atom. The van der Waals surface area contributed by atoms with E-state index in [1.54, 1.807) is 19.2 Å². The van der Waals surface area contributed by atoms with Gasteiger partial charge in [0.25, 0.3) is 0 Å². The van der Waals surface area contributed by atoms with Crippen molar-refractivity contribution >= 4 is 0 Å². The van der Waals surface area contributed by atoms with E-state index in [4.69, 9.17) is 4.74 Å². The number of methoxy groups -OCH3 is 1. The molecule has 0 aromatic heterocycles. The SMILES string of the molecule is COc1cccc(C#Cc2ccc(F)cc2)c1. The Morgan fingerprint density at radius 2 is 1.65 bits per heavy atom. The van der Waals surface area contributed by atoms with Crippen LogP contribution in [0.25, 0.3) is 0 Å². The first kappa shape index (κ1) is 11.2. The third kappa shape index (κ3) is 3.09. The van der Waals surface area contributed by atoms with E-state index < -0.39 is 0 Å². The fraction of sp³-hybridized carbons (Fsp3) is 0.0667. The maximum Gasteiger partial charge on any atom is 0.123 e. The highest BCUT2D eigenvalue weighted by molar-refractivity contribution is 5.45. The first-order chi connectivity index (χ1) is 8.28. The van der Waals surface area contributed by atoms with Crippen molar-refractivity contribution in [2.75, 3.05) is 7.11 Å². The van der Waals surface area contributed by atoms with Crippen LogP contribution in [-0.4, -0.2) is 7.11 Å². The van der Waals surface area contributed by atoms with Crippen LogP contribution in [-0.2, 0) is 0 Å². The molecule has 0 atom stereocenters. The maximum absolute atomic E-state index is 12.7. The summed E-state index contributed by atoms with van der Waals surface area (Å²) in [6, 6.07) is 13.6.